The molecule has 0 radical (unpaired) electrons. The molecule has 0 aliphatic carbocycles. The van der Waals surface area contributed by atoms with Crippen LogP contribution in [-0.4, -0.2) is 48.0 Å². The highest BCUT2D eigenvalue weighted by Gasteiger charge is 2.31. The molecule has 1 aliphatic heterocycles. The van der Waals surface area contributed by atoms with Crippen LogP contribution >= 0.6 is 23.2 Å². The number of benzene rings is 1. The Morgan fingerprint density at radius 1 is 1.27 bits per heavy atom. The highest BCUT2D eigenvalue weighted by Crippen LogP contribution is 2.33. The van der Waals surface area contributed by atoms with Crippen molar-refractivity contribution < 1.29 is 22.6 Å². The number of sulfonamides is 1. The summed E-state index contributed by atoms with van der Waals surface area (Å²) in [6, 6.07) is 2.25. The van der Waals surface area contributed by atoms with Crippen molar-refractivity contribution in [1.29, 1.82) is 0 Å². The molecule has 1 aromatic carbocycles. The van der Waals surface area contributed by atoms with Crippen molar-refractivity contribution in [3.05, 3.63) is 22.2 Å². The zero-order chi connectivity index (χ0) is 16.3. The van der Waals surface area contributed by atoms with Gasteiger partial charge in [-0.05, 0) is 12.5 Å². The molecule has 1 saturated heterocycles. The van der Waals surface area contributed by atoms with Gasteiger partial charge in [0.25, 0.3) is 0 Å². The van der Waals surface area contributed by atoms with E-state index in [9.17, 15) is 8.42 Å². The van der Waals surface area contributed by atoms with Gasteiger partial charge in [-0.3, -0.25) is 0 Å². The number of ether oxygens (including phenoxy) is 3. The van der Waals surface area contributed by atoms with Crippen LogP contribution in [0.3, 0.4) is 0 Å². The summed E-state index contributed by atoms with van der Waals surface area (Å²) in [5, 5.41) is 0.206. The molecule has 0 amide bonds. The van der Waals surface area contributed by atoms with Crippen molar-refractivity contribution in [2.24, 2.45) is 0 Å². The van der Waals surface area contributed by atoms with Gasteiger partial charge in [-0.25, -0.2) is 13.1 Å². The lowest BCUT2D eigenvalue weighted by Gasteiger charge is -2.30. The SMILES string of the molecule is COc1cc(Cl)c(S(=O)(=O)N[C@@H]2CCOC[C@H]2OC)cc1Cl. The van der Waals surface area contributed by atoms with Crippen LogP contribution < -0.4 is 9.46 Å². The smallest absolute Gasteiger partial charge is 0.242 e. The predicted molar refractivity (Wildman–Crippen MR) is 83.4 cm³/mol. The van der Waals surface area contributed by atoms with E-state index < -0.39 is 10.0 Å². The molecule has 0 bridgehead atoms. The monoisotopic (exact) mass is 369 g/mol. The van der Waals surface area contributed by atoms with E-state index in [4.69, 9.17) is 37.4 Å². The number of hydrogen-bond donors (Lipinski definition) is 1. The standard InChI is InChI=1S/C13H17Cl2NO5S/c1-19-11-5-9(15)13(6-8(11)14)22(17,18)16-10-3-4-21-7-12(10)20-2/h5-6,10,12,16H,3-4,7H2,1-2H3/t10-,12-/m1/s1. The Labute approximate surface area is 139 Å². The van der Waals surface area contributed by atoms with E-state index in [0.717, 1.165) is 0 Å². The number of rotatable bonds is 5. The van der Waals surface area contributed by atoms with Crippen LogP contribution in [-0.2, 0) is 19.5 Å². The molecule has 1 fully saturated rings. The maximum absolute atomic E-state index is 12.5. The summed E-state index contributed by atoms with van der Waals surface area (Å²) >= 11 is 12.0. The fraction of sp³-hybridized carbons (Fsp3) is 0.538. The molecule has 0 unspecified atom stereocenters. The quantitative estimate of drug-likeness (QED) is 0.859. The zero-order valence-electron chi connectivity index (χ0n) is 12.1. The minimum absolute atomic E-state index is 0.0368. The van der Waals surface area contributed by atoms with Gasteiger partial charge in [0, 0.05) is 19.8 Å². The van der Waals surface area contributed by atoms with E-state index >= 15 is 0 Å². The summed E-state index contributed by atoms with van der Waals surface area (Å²) in [6.07, 6.45) is 0.162. The second kappa shape index (κ2) is 7.33. The van der Waals surface area contributed by atoms with Crippen molar-refractivity contribution in [3.63, 3.8) is 0 Å². The molecule has 0 saturated carbocycles. The molecule has 1 aromatic rings. The number of hydrogen-bond acceptors (Lipinski definition) is 5. The summed E-state index contributed by atoms with van der Waals surface area (Å²) in [7, 11) is -0.901. The van der Waals surface area contributed by atoms with Gasteiger partial charge >= 0.3 is 0 Å². The first-order valence-electron chi connectivity index (χ1n) is 6.55. The Kier molecular flexibility index (Phi) is 5.93. The molecule has 6 nitrogen and oxygen atoms in total. The minimum Gasteiger partial charge on any atom is -0.495 e. The first kappa shape index (κ1) is 17.8. The third-order valence-electron chi connectivity index (χ3n) is 3.41. The lowest BCUT2D eigenvalue weighted by atomic mass is 10.1. The van der Waals surface area contributed by atoms with Crippen LogP contribution in [0.2, 0.25) is 10.0 Å². The van der Waals surface area contributed by atoms with Crippen molar-refractivity contribution >= 4 is 33.2 Å². The molecule has 0 spiro atoms. The van der Waals surface area contributed by atoms with Crippen molar-refractivity contribution in [2.45, 2.75) is 23.5 Å². The highest BCUT2D eigenvalue weighted by molar-refractivity contribution is 7.89. The van der Waals surface area contributed by atoms with Gasteiger partial charge in [-0.15, -0.1) is 0 Å². The van der Waals surface area contributed by atoms with Crippen LogP contribution in [0.1, 0.15) is 6.42 Å². The van der Waals surface area contributed by atoms with Crippen LogP contribution in [0.5, 0.6) is 5.75 Å². The third kappa shape index (κ3) is 3.84. The first-order valence-corrected chi connectivity index (χ1v) is 8.79. The fourth-order valence-corrected chi connectivity index (χ4v) is 4.36. The predicted octanol–water partition coefficient (Wildman–Crippen LogP) is 2.08. The molecule has 0 aromatic heterocycles. The number of methoxy groups -OCH3 is 2. The van der Waals surface area contributed by atoms with E-state index in [1.807, 2.05) is 0 Å². The van der Waals surface area contributed by atoms with Crippen molar-refractivity contribution in [2.75, 3.05) is 27.4 Å². The molecule has 1 N–H and O–H groups in total. The lowest BCUT2D eigenvalue weighted by molar-refractivity contribution is -0.0448. The van der Waals surface area contributed by atoms with Gasteiger partial charge in [0.05, 0.1) is 35.9 Å². The lowest BCUT2D eigenvalue weighted by Crippen LogP contribution is -2.49. The van der Waals surface area contributed by atoms with Gasteiger partial charge in [0.2, 0.25) is 10.0 Å². The topological polar surface area (TPSA) is 73.9 Å². The Balaban J connectivity index is 2.28. The van der Waals surface area contributed by atoms with Crippen LogP contribution in [0.15, 0.2) is 17.0 Å². The fourth-order valence-electron chi connectivity index (χ4n) is 2.21. The molecular weight excluding hydrogens is 353 g/mol. The Bertz CT molecular complexity index is 638. The molecule has 1 aliphatic rings. The average molecular weight is 370 g/mol. The number of halogens is 2. The summed E-state index contributed by atoms with van der Waals surface area (Å²) in [4.78, 5) is -0.0960. The molecule has 2 atom stereocenters. The molecular formula is C13H17Cl2NO5S. The largest absolute Gasteiger partial charge is 0.495 e. The Morgan fingerprint density at radius 3 is 2.64 bits per heavy atom. The van der Waals surface area contributed by atoms with Crippen LogP contribution in [0.4, 0.5) is 0 Å². The normalized spacial score (nSPS) is 22.5. The summed E-state index contributed by atoms with van der Waals surface area (Å²) in [5.41, 5.74) is 0. The van der Waals surface area contributed by atoms with E-state index in [0.29, 0.717) is 25.4 Å². The van der Waals surface area contributed by atoms with E-state index in [1.54, 1.807) is 0 Å². The minimum atomic E-state index is -3.84. The zero-order valence-corrected chi connectivity index (χ0v) is 14.5. The van der Waals surface area contributed by atoms with Crippen LogP contribution in [0.25, 0.3) is 0 Å². The maximum atomic E-state index is 12.5. The van der Waals surface area contributed by atoms with E-state index in [-0.39, 0.29) is 27.1 Å². The molecule has 1 heterocycles. The molecule has 124 valence electrons. The van der Waals surface area contributed by atoms with Crippen molar-refractivity contribution in [1.82, 2.24) is 4.72 Å². The molecule has 2 rings (SSSR count). The van der Waals surface area contributed by atoms with Gasteiger partial charge in [-0.2, -0.15) is 0 Å². The third-order valence-corrected chi connectivity index (χ3v) is 5.66. The summed E-state index contributed by atoms with van der Waals surface area (Å²) in [5.74, 6) is 0.312. The highest BCUT2D eigenvalue weighted by atomic mass is 35.5. The van der Waals surface area contributed by atoms with E-state index in [1.165, 1.54) is 26.4 Å². The first-order chi connectivity index (χ1) is 10.4. The number of nitrogens with one attached hydrogen (secondary N) is 1. The van der Waals surface area contributed by atoms with Crippen molar-refractivity contribution in [3.8, 4) is 5.75 Å². The summed E-state index contributed by atoms with van der Waals surface area (Å²) in [6.45, 7) is 0.797. The van der Waals surface area contributed by atoms with Crippen LogP contribution in [0, 0.1) is 0 Å². The van der Waals surface area contributed by atoms with Gasteiger partial charge in [0.15, 0.2) is 0 Å². The summed E-state index contributed by atoms with van der Waals surface area (Å²) < 4.78 is 43.2. The second-order valence-electron chi connectivity index (χ2n) is 4.78. The molecule has 9 heteroatoms. The van der Waals surface area contributed by atoms with Gasteiger partial charge < -0.3 is 14.2 Å². The Morgan fingerprint density at radius 2 is 2.00 bits per heavy atom. The average Bonchev–Trinajstić information content (AvgIpc) is 2.49. The van der Waals surface area contributed by atoms with Gasteiger partial charge in [0.1, 0.15) is 10.6 Å². The Hall–Kier alpha value is -0.570. The van der Waals surface area contributed by atoms with E-state index in [2.05, 4.69) is 4.72 Å². The maximum Gasteiger partial charge on any atom is 0.242 e. The molecule has 22 heavy (non-hydrogen) atoms. The second-order valence-corrected chi connectivity index (χ2v) is 7.28. The van der Waals surface area contributed by atoms with Gasteiger partial charge in [-0.1, -0.05) is 23.2 Å².